The quantitative estimate of drug-likeness (QED) is 0.691. The summed E-state index contributed by atoms with van der Waals surface area (Å²) in [7, 11) is -4.34. The number of nitrogens with zero attached hydrogens (tertiary/aromatic N) is 1. The maximum absolute atomic E-state index is 12.0. The maximum Gasteiger partial charge on any atom is 0.402 e. The summed E-state index contributed by atoms with van der Waals surface area (Å²) in [6, 6.07) is -0.435. The zero-order valence-corrected chi connectivity index (χ0v) is 11.1. The molecule has 1 saturated carbocycles. The zero-order chi connectivity index (χ0) is 14.7. The number of hydrogen-bond acceptors (Lipinski definition) is 4. The van der Waals surface area contributed by atoms with Crippen LogP contribution in [-0.4, -0.2) is 50.6 Å². The monoisotopic (exact) mass is 304 g/mol. The summed E-state index contributed by atoms with van der Waals surface area (Å²) in [5.41, 5.74) is 0. The molecule has 1 fully saturated rings. The predicted octanol–water partition coefficient (Wildman–Crippen LogP) is 0.411. The summed E-state index contributed by atoms with van der Waals surface area (Å²) in [5.74, 6) is -0.785. The molecule has 0 radical (unpaired) electrons. The van der Waals surface area contributed by atoms with Gasteiger partial charge in [0.15, 0.2) is 0 Å². The Kier molecular flexibility index (Phi) is 5.16. The molecule has 0 heterocycles. The zero-order valence-electron chi connectivity index (χ0n) is 10.2. The van der Waals surface area contributed by atoms with Crippen molar-refractivity contribution >= 4 is 16.2 Å². The van der Waals surface area contributed by atoms with Crippen molar-refractivity contribution in [3.63, 3.8) is 0 Å². The summed E-state index contributed by atoms with van der Waals surface area (Å²) in [6.07, 6.45) is -3.61. The van der Waals surface area contributed by atoms with Crippen molar-refractivity contribution in [3.05, 3.63) is 0 Å². The van der Waals surface area contributed by atoms with Crippen LogP contribution in [0.15, 0.2) is 0 Å². The van der Waals surface area contributed by atoms with Crippen molar-refractivity contribution in [1.82, 2.24) is 9.03 Å². The number of ether oxygens (including phenoxy) is 1. The fourth-order valence-electron chi connectivity index (χ4n) is 1.36. The number of rotatable bonds is 7. The Morgan fingerprint density at radius 1 is 1.42 bits per heavy atom. The van der Waals surface area contributed by atoms with E-state index in [9.17, 15) is 26.4 Å². The lowest BCUT2D eigenvalue weighted by molar-refractivity contribution is -0.143. The van der Waals surface area contributed by atoms with Gasteiger partial charge in [0.1, 0.15) is 13.1 Å². The van der Waals surface area contributed by atoms with Crippen molar-refractivity contribution in [2.24, 2.45) is 0 Å². The van der Waals surface area contributed by atoms with Crippen molar-refractivity contribution in [2.45, 2.75) is 32.0 Å². The van der Waals surface area contributed by atoms with Gasteiger partial charge in [-0.05, 0) is 19.8 Å². The van der Waals surface area contributed by atoms with Gasteiger partial charge < -0.3 is 4.74 Å². The van der Waals surface area contributed by atoms with Crippen LogP contribution in [0, 0.1) is 0 Å². The first-order valence-electron chi connectivity index (χ1n) is 5.64. The van der Waals surface area contributed by atoms with Gasteiger partial charge >= 0.3 is 12.1 Å². The molecule has 0 amide bonds. The highest BCUT2D eigenvalue weighted by Crippen LogP contribution is 2.28. The van der Waals surface area contributed by atoms with Gasteiger partial charge in [-0.15, -0.1) is 0 Å². The van der Waals surface area contributed by atoms with Gasteiger partial charge in [-0.3, -0.25) is 4.79 Å². The molecule has 0 aromatic rings. The highest BCUT2D eigenvalue weighted by molar-refractivity contribution is 7.87. The fraction of sp³-hybridized carbons (Fsp3) is 0.889. The molecule has 0 atom stereocenters. The Bertz CT molecular complexity index is 420. The Hall–Kier alpha value is -0.870. The number of esters is 1. The average molecular weight is 304 g/mol. The molecule has 112 valence electrons. The van der Waals surface area contributed by atoms with Gasteiger partial charge in [-0.2, -0.15) is 30.6 Å². The molecular formula is C9H15F3N2O4S. The molecule has 1 aliphatic rings. The van der Waals surface area contributed by atoms with Gasteiger partial charge in [-0.25, -0.2) is 0 Å². The summed E-state index contributed by atoms with van der Waals surface area (Å²) in [4.78, 5) is 11.3. The molecule has 1 aliphatic carbocycles. The van der Waals surface area contributed by atoms with Gasteiger partial charge in [0, 0.05) is 6.04 Å². The number of nitrogens with one attached hydrogen (secondary N) is 1. The van der Waals surface area contributed by atoms with E-state index in [2.05, 4.69) is 4.74 Å². The van der Waals surface area contributed by atoms with Crippen LogP contribution in [0.5, 0.6) is 0 Å². The SMILES string of the molecule is CCOC(=O)CN(C1CC1)S(=O)(=O)NCC(F)(F)F. The number of hydrogen-bond donors (Lipinski definition) is 1. The molecule has 1 rings (SSSR count). The van der Waals surface area contributed by atoms with Crippen molar-refractivity contribution in [2.75, 3.05) is 19.7 Å². The minimum Gasteiger partial charge on any atom is -0.465 e. The van der Waals surface area contributed by atoms with E-state index in [0.29, 0.717) is 12.8 Å². The van der Waals surface area contributed by atoms with Crippen LogP contribution in [0.4, 0.5) is 13.2 Å². The lowest BCUT2D eigenvalue weighted by Crippen LogP contribution is -2.47. The van der Waals surface area contributed by atoms with E-state index in [4.69, 9.17) is 0 Å². The standard InChI is InChI=1S/C9H15F3N2O4S/c1-2-18-8(15)5-14(7-3-4-7)19(16,17)13-6-9(10,11)12/h7,13H,2-6H2,1H3. The van der Waals surface area contributed by atoms with E-state index in [1.54, 1.807) is 6.92 Å². The third-order valence-corrected chi connectivity index (χ3v) is 3.86. The first-order valence-corrected chi connectivity index (χ1v) is 7.08. The second-order valence-corrected chi connectivity index (χ2v) is 5.73. The van der Waals surface area contributed by atoms with Gasteiger partial charge in [-0.1, -0.05) is 0 Å². The van der Waals surface area contributed by atoms with E-state index < -0.39 is 41.5 Å². The normalized spacial score (nSPS) is 16.7. The Balaban J connectivity index is 2.66. The van der Waals surface area contributed by atoms with Gasteiger partial charge in [0.25, 0.3) is 10.2 Å². The fourth-order valence-corrected chi connectivity index (χ4v) is 2.75. The second-order valence-electron chi connectivity index (χ2n) is 4.02. The third-order valence-electron chi connectivity index (χ3n) is 2.31. The first-order chi connectivity index (χ1) is 8.65. The summed E-state index contributed by atoms with van der Waals surface area (Å²) in [5, 5.41) is 0. The maximum atomic E-state index is 12.0. The first kappa shape index (κ1) is 16.2. The average Bonchev–Trinajstić information content (AvgIpc) is 3.06. The van der Waals surface area contributed by atoms with Crippen LogP contribution >= 0.6 is 0 Å². The van der Waals surface area contributed by atoms with Crippen LogP contribution in [0.3, 0.4) is 0 Å². The lowest BCUT2D eigenvalue weighted by atomic mass is 10.6. The molecule has 10 heteroatoms. The summed E-state index contributed by atoms with van der Waals surface area (Å²) in [6.45, 7) is -0.615. The molecule has 0 spiro atoms. The van der Waals surface area contributed by atoms with Crippen LogP contribution in [0.2, 0.25) is 0 Å². The van der Waals surface area contributed by atoms with E-state index in [0.717, 1.165) is 4.31 Å². The largest absolute Gasteiger partial charge is 0.465 e. The molecular weight excluding hydrogens is 289 g/mol. The van der Waals surface area contributed by atoms with Crippen molar-refractivity contribution < 1.29 is 31.1 Å². The third kappa shape index (κ3) is 5.74. The van der Waals surface area contributed by atoms with E-state index in [1.807, 2.05) is 0 Å². The number of carbonyl (C=O) groups is 1. The van der Waals surface area contributed by atoms with Gasteiger partial charge in [0.2, 0.25) is 0 Å². The summed E-state index contributed by atoms with van der Waals surface area (Å²) >= 11 is 0. The summed E-state index contributed by atoms with van der Waals surface area (Å²) < 4.78 is 66.2. The number of halogens is 3. The Morgan fingerprint density at radius 2 is 2.00 bits per heavy atom. The molecule has 6 nitrogen and oxygen atoms in total. The molecule has 19 heavy (non-hydrogen) atoms. The van der Waals surface area contributed by atoms with Gasteiger partial charge in [0.05, 0.1) is 6.61 Å². The minimum atomic E-state index is -4.65. The molecule has 1 N–H and O–H groups in total. The predicted molar refractivity (Wildman–Crippen MR) is 59.3 cm³/mol. The van der Waals surface area contributed by atoms with Crippen molar-refractivity contribution in [3.8, 4) is 0 Å². The number of carbonyl (C=O) groups excluding carboxylic acids is 1. The lowest BCUT2D eigenvalue weighted by Gasteiger charge is -2.21. The highest BCUT2D eigenvalue weighted by Gasteiger charge is 2.40. The smallest absolute Gasteiger partial charge is 0.402 e. The second kappa shape index (κ2) is 6.06. The molecule has 0 aromatic heterocycles. The molecule has 0 aliphatic heterocycles. The van der Waals surface area contributed by atoms with Crippen LogP contribution in [0.1, 0.15) is 19.8 Å². The Labute approximate surface area is 109 Å². The molecule has 0 aromatic carbocycles. The van der Waals surface area contributed by atoms with Crippen LogP contribution in [-0.2, 0) is 19.7 Å². The Morgan fingerprint density at radius 3 is 2.42 bits per heavy atom. The molecule has 0 bridgehead atoms. The highest BCUT2D eigenvalue weighted by atomic mass is 32.2. The van der Waals surface area contributed by atoms with E-state index >= 15 is 0 Å². The van der Waals surface area contributed by atoms with Crippen LogP contribution < -0.4 is 4.72 Å². The van der Waals surface area contributed by atoms with Crippen LogP contribution in [0.25, 0.3) is 0 Å². The van der Waals surface area contributed by atoms with E-state index in [-0.39, 0.29) is 6.61 Å². The van der Waals surface area contributed by atoms with Crippen molar-refractivity contribution in [1.29, 1.82) is 0 Å². The minimum absolute atomic E-state index is 0.0768. The number of alkyl halides is 3. The molecule has 0 unspecified atom stereocenters. The topological polar surface area (TPSA) is 75.7 Å². The molecule has 0 saturated heterocycles. The van der Waals surface area contributed by atoms with E-state index in [1.165, 1.54) is 4.72 Å².